The van der Waals surface area contributed by atoms with Crippen molar-refractivity contribution < 1.29 is 9.53 Å². The first kappa shape index (κ1) is 13.9. The molecule has 2 rings (SSSR count). The standard InChI is InChI=1S/C13H17N3O2S/c1-13(5-2-6-18-13)8-16-12(17)10-4-3-9(7-15-10)11(14)19/h3-4,7H,2,5-6,8H2,1H3,(H2,14,19)(H,16,17). The number of nitrogens with zero attached hydrogens (tertiary/aromatic N) is 1. The number of ether oxygens (including phenoxy) is 1. The van der Waals surface area contributed by atoms with Crippen LogP contribution in [0.1, 0.15) is 35.8 Å². The third kappa shape index (κ3) is 3.48. The van der Waals surface area contributed by atoms with E-state index in [0.717, 1.165) is 19.4 Å². The van der Waals surface area contributed by atoms with Gasteiger partial charge in [0.15, 0.2) is 0 Å². The van der Waals surface area contributed by atoms with E-state index in [1.54, 1.807) is 12.1 Å². The summed E-state index contributed by atoms with van der Waals surface area (Å²) in [6.45, 7) is 3.25. The summed E-state index contributed by atoms with van der Waals surface area (Å²) in [5.74, 6) is -0.216. The Hall–Kier alpha value is -1.53. The summed E-state index contributed by atoms with van der Waals surface area (Å²) in [4.78, 5) is 16.2. The third-order valence-electron chi connectivity index (χ3n) is 3.20. The van der Waals surface area contributed by atoms with Gasteiger partial charge in [0.2, 0.25) is 0 Å². The number of nitrogens with two attached hydrogens (primary N) is 1. The molecule has 0 spiro atoms. The lowest BCUT2D eigenvalue weighted by molar-refractivity contribution is 0.0205. The average molecular weight is 279 g/mol. The van der Waals surface area contributed by atoms with E-state index in [9.17, 15) is 4.79 Å². The van der Waals surface area contributed by atoms with Gasteiger partial charge in [0.25, 0.3) is 5.91 Å². The molecule has 0 bridgehead atoms. The highest BCUT2D eigenvalue weighted by Gasteiger charge is 2.30. The van der Waals surface area contributed by atoms with Gasteiger partial charge in [-0.2, -0.15) is 0 Å². The van der Waals surface area contributed by atoms with Gasteiger partial charge < -0.3 is 15.8 Å². The number of thiocarbonyl (C=S) groups is 1. The summed E-state index contributed by atoms with van der Waals surface area (Å²) in [6, 6.07) is 3.31. The Kier molecular flexibility index (Phi) is 4.11. The first-order valence-electron chi connectivity index (χ1n) is 6.18. The molecule has 0 aromatic carbocycles. The molecule has 1 unspecified atom stereocenters. The van der Waals surface area contributed by atoms with Crippen LogP contribution < -0.4 is 11.1 Å². The number of amides is 1. The van der Waals surface area contributed by atoms with Crippen LogP contribution in [-0.4, -0.2) is 34.6 Å². The van der Waals surface area contributed by atoms with E-state index in [1.165, 1.54) is 6.20 Å². The summed E-state index contributed by atoms with van der Waals surface area (Å²) >= 11 is 4.83. The monoisotopic (exact) mass is 279 g/mol. The zero-order valence-electron chi connectivity index (χ0n) is 10.8. The van der Waals surface area contributed by atoms with Crippen LogP contribution in [-0.2, 0) is 4.74 Å². The summed E-state index contributed by atoms with van der Waals surface area (Å²) in [6.07, 6.45) is 3.50. The van der Waals surface area contributed by atoms with Gasteiger partial charge in [-0.3, -0.25) is 9.78 Å². The van der Waals surface area contributed by atoms with E-state index in [1.807, 2.05) is 6.92 Å². The molecular formula is C13H17N3O2S. The Labute approximate surface area is 117 Å². The minimum absolute atomic E-state index is 0.216. The van der Waals surface area contributed by atoms with Gasteiger partial charge in [-0.25, -0.2) is 0 Å². The van der Waals surface area contributed by atoms with Crippen LogP contribution in [0.25, 0.3) is 0 Å². The van der Waals surface area contributed by atoms with E-state index in [0.29, 0.717) is 17.8 Å². The van der Waals surface area contributed by atoms with Gasteiger partial charge in [0.05, 0.1) is 5.60 Å². The van der Waals surface area contributed by atoms with E-state index in [4.69, 9.17) is 22.7 Å². The lowest BCUT2D eigenvalue weighted by Gasteiger charge is -2.23. The van der Waals surface area contributed by atoms with Crippen molar-refractivity contribution >= 4 is 23.1 Å². The smallest absolute Gasteiger partial charge is 0.269 e. The van der Waals surface area contributed by atoms with Crippen molar-refractivity contribution in [2.75, 3.05) is 13.2 Å². The summed E-state index contributed by atoms with van der Waals surface area (Å²) in [5.41, 5.74) is 6.22. The van der Waals surface area contributed by atoms with Gasteiger partial charge in [0, 0.05) is 24.9 Å². The van der Waals surface area contributed by atoms with Crippen LogP contribution in [0.15, 0.2) is 18.3 Å². The molecule has 1 saturated heterocycles. The van der Waals surface area contributed by atoms with E-state index >= 15 is 0 Å². The van der Waals surface area contributed by atoms with Crippen molar-refractivity contribution in [3.05, 3.63) is 29.6 Å². The van der Waals surface area contributed by atoms with Gasteiger partial charge in [0.1, 0.15) is 10.7 Å². The maximum Gasteiger partial charge on any atom is 0.269 e. The summed E-state index contributed by atoms with van der Waals surface area (Å²) in [5, 5.41) is 2.84. The topological polar surface area (TPSA) is 77.2 Å². The van der Waals surface area contributed by atoms with Gasteiger partial charge in [-0.05, 0) is 31.9 Å². The van der Waals surface area contributed by atoms with Crippen LogP contribution in [0.4, 0.5) is 0 Å². The Morgan fingerprint density at radius 3 is 2.95 bits per heavy atom. The van der Waals surface area contributed by atoms with E-state index < -0.39 is 0 Å². The van der Waals surface area contributed by atoms with Crippen LogP contribution >= 0.6 is 12.2 Å². The molecule has 1 fully saturated rings. The maximum absolute atomic E-state index is 11.9. The number of pyridine rings is 1. The highest BCUT2D eigenvalue weighted by atomic mass is 32.1. The molecule has 0 saturated carbocycles. The lowest BCUT2D eigenvalue weighted by atomic mass is 10.0. The van der Waals surface area contributed by atoms with E-state index in [2.05, 4.69) is 10.3 Å². The quantitative estimate of drug-likeness (QED) is 0.805. The molecule has 1 aromatic rings. The number of rotatable bonds is 4. The molecule has 1 aliphatic rings. The fourth-order valence-electron chi connectivity index (χ4n) is 2.01. The van der Waals surface area contributed by atoms with Crippen molar-refractivity contribution in [3.63, 3.8) is 0 Å². The zero-order chi connectivity index (χ0) is 13.9. The third-order valence-corrected chi connectivity index (χ3v) is 3.44. The molecular weight excluding hydrogens is 262 g/mol. The van der Waals surface area contributed by atoms with Crippen molar-refractivity contribution in [2.24, 2.45) is 5.73 Å². The molecule has 102 valence electrons. The fraction of sp³-hybridized carbons (Fsp3) is 0.462. The molecule has 5 nitrogen and oxygen atoms in total. The molecule has 1 aliphatic heterocycles. The molecule has 0 radical (unpaired) electrons. The van der Waals surface area contributed by atoms with Crippen molar-refractivity contribution in [2.45, 2.75) is 25.4 Å². The molecule has 1 atom stereocenters. The van der Waals surface area contributed by atoms with Crippen molar-refractivity contribution in [3.8, 4) is 0 Å². The van der Waals surface area contributed by atoms with Crippen LogP contribution in [0, 0.1) is 0 Å². The first-order chi connectivity index (χ1) is 9.00. The summed E-state index contributed by atoms with van der Waals surface area (Å²) < 4.78 is 5.61. The number of hydrogen-bond acceptors (Lipinski definition) is 4. The predicted octanol–water partition coefficient (Wildman–Crippen LogP) is 1.01. The van der Waals surface area contributed by atoms with Gasteiger partial charge >= 0.3 is 0 Å². The average Bonchev–Trinajstić information content (AvgIpc) is 2.83. The SMILES string of the molecule is CC1(CNC(=O)c2ccc(C(N)=S)cn2)CCCO1. The second kappa shape index (κ2) is 5.63. The highest BCUT2D eigenvalue weighted by molar-refractivity contribution is 7.80. The van der Waals surface area contributed by atoms with Crippen molar-refractivity contribution in [1.29, 1.82) is 0 Å². The second-order valence-electron chi connectivity index (χ2n) is 4.88. The number of carbonyl (C=O) groups excluding carboxylic acids is 1. The van der Waals surface area contributed by atoms with Crippen LogP contribution in [0.5, 0.6) is 0 Å². The largest absolute Gasteiger partial charge is 0.389 e. The number of nitrogens with one attached hydrogen (secondary N) is 1. The second-order valence-corrected chi connectivity index (χ2v) is 5.32. The number of hydrogen-bond donors (Lipinski definition) is 2. The summed E-state index contributed by atoms with van der Waals surface area (Å²) in [7, 11) is 0. The molecule has 2 heterocycles. The van der Waals surface area contributed by atoms with E-state index in [-0.39, 0.29) is 16.5 Å². The number of carbonyl (C=O) groups is 1. The van der Waals surface area contributed by atoms with Gasteiger partial charge in [-0.15, -0.1) is 0 Å². The van der Waals surface area contributed by atoms with Crippen molar-refractivity contribution in [1.82, 2.24) is 10.3 Å². The minimum Gasteiger partial charge on any atom is -0.389 e. The predicted molar refractivity (Wildman–Crippen MR) is 76.0 cm³/mol. The maximum atomic E-state index is 11.9. The fourth-order valence-corrected chi connectivity index (χ4v) is 2.13. The van der Waals surface area contributed by atoms with Crippen LogP contribution in [0.2, 0.25) is 0 Å². The first-order valence-corrected chi connectivity index (χ1v) is 6.59. The van der Waals surface area contributed by atoms with Gasteiger partial charge in [-0.1, -0.05) is 12.2 Å². The molecule has 3 N–H and O–H groups in total. The Bertz CT molecular complexity index is 481. The lowest BCUT2D eigenvalue weighted by Crippen LogP contribution is -2.40. The highest BCUT2D eigenvalue weighted by Crippen LogP contribution is 2.23. The Balaban J connectivity index is 1.94. The molecule has 1 amide bonds. The number of aromatic nitrogens is 1. The van der Waals surface area contributed by atoms with Crippen LogP contribution in [0.3, 0.4) is 0 Å². The normalized spacial score (nSPS) is 22.2. The molecule has 6 heteroatoms. The minimum atomic E-state index is -0.256. The molecule has 1 aromatic heterocycles. The zero-order valence-corrected chi connectivity index (χ0v) is 11.6. The molecule has 0 aliphatic carbocycles. The Morgan fingerprint density at radius 2 is 2.42 bits per heavy atom. The molecule has 19 heavy (non-hydrogen) atoms. The Morgan fingerprint density at radius 1 is 1.63 bits per heavy atom.